The molecule has 0 aromatic heterocycles. The van der Waals surface area contributed by atoms with Crippen molar-refractivity contribution in [1.29, 1.82) is 0 Å². The highest BCUT2D eigenvalue weighted by Gasteiger charge is 2.24. The Hall–Kier alpha value is -0.120. The van der Waals surface area contributed by atoms with Crippen LogP contribution >= 0.6 is 0 Å². The van der Waals surface area contributed by atoms with Gasteiger partial charge in [0.1, 0.15) is 0 Å². The van der Waals surface area contributed by atoms with Crippen molar-refractivity contribution < 1.29 is 0 Å². The lowest BCUT2D eigenvalue weighted by atomic mass is 9.76. The minimum atomic E-state index is 0.392. The molecule has 1 aliphatic rings. The third-order valence-corrected chi connectivity index (χ3v) is 5.03. The number of nitrogens with two attached hydrogens (primary N) is 1. The largest absolute Gasteiger partial charge is 0.330 e. The summed E-state index contributed by atoms with van der Waals surface area (Å²) < 4.78 is 0. The number of rotatable bonds is 8. The molecule has 0 amide bonds. The molecule has 0 saturated carbocycles. The molecule has 0 aromatic rings. The first-order valence-corrected chi connectivity index (χ1v) is 8.43. The normalized spacial score (nSPS) is 22.6. The standard InChI is InChI=1S/C17H37N3/c1-17(2,3)15(10-11-18)8-6-12-19(4)14-16-9-7-13-20(16)5/h15-16H,6-14,18H2,1-5H3. The Labute approximate surface area is 126 Å². The van der Waals surface area contributed by atoms with Gasteiger partial charge < -0.3 is 15.5 Å². The molecule has 0 spiro atoms. The van der Waals surface area contributed by atoms with E-state index in [1.165, 1.54) is 51.7 Å². The van der Waals surface area contributed by atoms with E-state index >= 15 is 0 Å². The summed E-state index contributed by atoms with van der Waals surface area (Å²) in [5, 5.41) is 0. The van der Waals surface area contributed by atoms with Crippen LogP contribution in [0.3, 0.4) is 0 Å². The summed E-state index contributed by atoms with van der Waals surface area (Å²) in [6.07, 6.45) is 6.52. The lowest BCUT2D eigenvalue weighted by Crippen LogP contribution is -2.37. The lowest BCUT2D eigenvalue weighted by molar-refractivity contribution is 0.186. The predicted molar refractivity (Wildman–Crippen MR) is 89.0 cm³/mol. The Bertz CT molecular complexity index is 259. The predicted octanol–water partition coefficient (Wildman–Crippen LogP) is 2.80. The van der Waals surface area contributed by atoms with E-state index in [2.05, 4.69) is 44.7 Å². The lowest BCUT2D eigenvalue weighted by Gasteiger charge is -2.31. The molecule has 3 nitrogen and oxygen atoms in total. The zero-order valence-corrected chi connectivity index (χ0v) is 14.5. The monoisotopic (exact) mass is 283 g/mol. The molecular formula is C17H37N3. The Balaban J connectivity index is 2.24. The van der Waals surface area contributed by atoms with E-state index in [4.69, 9.17) is 5.73 Å². The van der Waals surface area contributed by atoms with Gasteiger partial charge >= 0.3 is 0 Å². The number of hydrogen-bond donors (Lipinski definition) is 1. The summed E-state index contributed by atoms with van der Waals surface area (Å²) in [5.41, 5.74) is 6.16. The third kappa shape index (κ3) is 6.11. The number of nitrogens with zero attached hydrogens (tertiary/aromatic N) is 2. The van der Waals surface area contributed by atoms with Gasteiger partial charge in [-0.1, -0.05) is 20.8 Å². The maximum Gasteiger partial charge on any atom is 0.0220 e. The molecule has 120 valence electrons. The van der Waals surface area contributed by atoms with Crippen LogP contribution in [-0.4, -0.2) is 56.1 Å². The zero-order chi connectivity index (χ0) is 15.2. The Morgan fingerprint density at radius 2 is 2.00 bits per heavy atom. The molecule has 2 unspecified atom stereocenters. The molecule has 1 aliphatic heterocycles. The first-order valence-electron chi connectivity index (χ1n) is 8.43. The van der Waals surface area contributed by atoms with Crippen LogP contribution in [0.1, 0.15) is 52.9 Å². The van der Waals surface area contributed by atoms with E-state index in [0.717, 1.165) is 18.5 Å². The number of likely N-dealkylation sites (tertiary alicyclic amines) is 1. The molecular weight excluding hydrogens is 246 g/mol. The highest BCUT2D eigenvalue weighted by Crippen LogP contribution is 2.32. The summed E-state index contributed by atoms with van der Waals surface area (Å²) in [6.45, 7) is 11.6. The van der Waals surface area contributed by atoms with Gasteiger partial charge in [-0.25, -0.2) is 0 Å². The van der Waals surface area contributed by atoms with Gasteiger partial charge in [-0.05, 0) is 77.2 Å². The van der Waals surface area contributed by atoms with Crippen molar-refractivity contribution in [2.24, 2.45) is 17.1 Å². The summed E-state index contributed by atoms with van der Waals surface area (Å²) >= 11 is 0. The molecule has 0 aromatic carbocycles. The molecule has 3 heteroatoms. The summed E-state index contributed by atoms with van der Waals surface area (Å²) in [5.74, 6) is 0.759. The van der Waals surface area contributed by atoms with Gasteiger partial charge in [0.05, 0.1) is 0 Å². The second-order valence-electron chi connectivity index (χ2n) is 7.82. The fourth-order valence-electron chi connectivity index (χ4n) is 3.48. The van der Waals surface area contributed by atoms with Crippen LogP contribution < -0.4 is 5.73 Å². The van der Waals surface area contributed by atoms with Crippen molar-refractivity contribution in [3.8, 4) is 0 Å². The highest BCUT2D eigenvalue weighted by molar-refractivity contribution is 4.79. The smallest absolute Gasteiger partial charge is 0.0220 e. The van der Waals surface area contributed by atoms with Crippen LogP contribution in [0.15, 0.2) is 0 Å². The van der Waals surface area contributed by atoms with Crippen molar-refractivity contribution in [3.05, 3.63) is 0 Å². The topological polar surface area (TPSA) is 32.5 Å². The van der Waals surface area contributed by atoms with E-state index < -0.39 is 0 Å². The summed E-state index contributed by atoms with van der Waals surface area (Å²) in [7, 11) is 4.55. The summed E-state index contributed by atoms with van der Waals surface area (Å²) in [4.78, 5) is 5.04. The second-order valence-corrected chi connectivity index (χ2v) is 7.82. The Kier molecular flexibility index (Phi) is 7.49. The van der Waals surface area contributed by atoms with E-state index in [9.17, 15) is 0 Å². The number of likely N-dealkylation sites (N-methyl/N-ethyl adjacent to an activating group) is 2. The van der Waals surface area contributed by atoms with Gasteiger partial charge in [-0.2, -0.15) is 0 Å². The van der Waals surface area contributed by atoms with Gasteiger partial charge in [-0.15, -0.1) is 0 Å². The van der Waals surface area contributed by atoms with Gasteiger partial charge in [0.15, 0.2) is 0 Å². The number of hydrogen-bond acceptors (Lipinski definition) is 3. The molecule has 0 radical (unpaired) electrons. The van der Waals surface area contributed by atoms with E-state index in [1.54, 1.807) is 0 Å². The van der Waals surface area contributed by atoms with Gasteiger partial charge in [0.2, 0.25) is 0 Å². The SMILES string of the molecule is CN(CCCC(CCN)C(C)(C)C)CC1CCCN1C. The minimum Gasteiger partial charge on any atom is -0.330 e. The highest BCUT2D eigenvalue weighted by atomic mass is 15.2. The van der Waals surface area contributed by atoms with Crippen LogP contribution in [0.5, 0.6) is 0 Å². The zero-order valence-electron chi connectivity index (χ0n) is 14.5. The molecule has 20 heavy (non-hydrogen) atoms. The van der Waals surface area contributed by atoms with E-state index in [1.807, 2.05) is 0 Å². The van der Waals surface area contributed by atoms with Crippen LogP contribution in [0, 0.1) is 11.3 Å². The van der Waals surface area contributed by atoms with E-state index in [0.29, 0.717) is 5.41 Å². The Morgan fingerprint density at radius 1 is 1.30 bits per heavy atom. The average molecular weight is 284 g/mol. The van der Waals surface area contributed by atoms with Crippen LogP contribution in [0.4, 0.5) is 0 Å². The van der Waals surface area contributed by atoms with Crippen molar-refractivity contribution in [1.82, 2.24) is 9.80 Å². The van der Waals surface area contributed by atoms with Gasteiger partial charge in [0, 0.05) is 12.6 Å². The quantitative estimate of drug-likeness (QED) is 0.743. The average Bonchev–Trinajstić information content (AvgIpc) is 2.73. The first kappa shape index (κ1) is 17.9. The van der Waals surface area contributed by atoms with E-state index in [-0.39, 0.29) is 0 Å². The van der Waals surface area contributed by atoms with Crippen molar-refractivity contribution in [2.45, 2.75) is 58.9 Å². The minimum absolute atomic E-state index is 0.392. The molecule has 1 rings (SSSR count). The molecule has 1 heterocycles. The van der Waals surface area contributed by atoms with Gasteiger partial charge in [-0.3, -0.25) is 0 Å². The maximum atomic E-state index is 5.77. The molecule has 0 bridgehead atoms. The fourth-order valence-corrected chi connectivity index (χ4v) is 3.48. The molecule has 1 saturated heterocycles. The Morgan fingerprint density at radius 3 is 2.50 bits per heavy atom. The molecule has 2 atom stereocenters. The first-order chi connectivity index (χ1) is 9.34. The van der Waals surface area contributed by atoms with Gasteiger partial charge in [0.25, 0.3) is 0 Å². The van der Waals surface area contributed by atoms with Crippen LogP contribution in [-0.2, 0) is 0 Å². The fraction of sp³-hybridized carbons (Fsp3) is 1.00. The molecule has 0 aliphatic carbocycles. The molecule has 1 fully saturated rings. The van der Waals surface area contributed by atoms with Crippen LogP contribution in [0.2, 0.25) is 0 Å². The van der Waals surface area contributed by atoms with Crippen molar-refractivity contribution in [3.63, 3.8) is 0 Å². The maximum absolute atomic E-state index is 5.77. The van der Waals surface area contributed by atoms with Crippen molar-refractivity contribution in [2.75, 3.05) is 40.3 Å². The molecule has 2 N–H and O–H groups in total. The third-order valence-electron chi connectivity index (χ3n) is 5.03. The summed E-state index contributed by atoms with van der Waals surface area (Å²) in [6, 6.07) is 0.780. The second kappa shape index (κ2) is 8.35. The van der Waals surface area contributed by atoms with Crippen molar-refractivity contribution >= 4 is 0 Å². The van der Waals surface area contributed by atoms with Crippen LogP contribution in [0.25, 0.3) is 0 Å².